The summed E-state index contributed by atoms with van der Waals surface area (Å²) in [7, 11) is 0. The predicted octanol–water partition coefficient (Wildman–Crippen LogP) is 2.87. The Labute approximate surface area is 93.0 Å². The third kappa shape index (κ3) is 2.44. The highest BCUT2D eigenvalue weighted by molar-refractivity contribution is 6.30. The van der Waals surface area contributed by atoms with E-state index in [1.165, 1.54) is 6.33 Å². The molecule has 0 atom stereocenters. The lowest BCUT2D eigenvalue weighted by molar-refractivity contribution is 0.936. The summed E-state index contributed by atoms with van der Waals surface area (Å²) in [6.07, 6.45) is 6.96. The van der Waals surface area contributed by atoms with Crippen LogP contribution in [0, 0.1) is 6.92 Å². The second-order valence-corrected chi connectivity index (χ2v) is 3.63. The Morgan fingerprint density at radius 2 is 2.27 bits per heavy atom. The zero-order valence-corrected chi connectivity index (χ0v) is 9.02. The maximum atomic E-state index is 5.87. The summed E-state index contributed by atoms with van der Waals surface area (Å²) in [4.78, 5) is 3.85. The average Bonchev–Trinajstić information content (AvgIpc) is 2.69. The van der Waals surface area contributed by atoms with Gasteiger partial charge in [0.15, 0.2) is 0 Å². The van der Waals surface area contributed by atoms with Gasteiger partial charge in [0.2, 0.25) is 0 Å². The van der Waals surface area contributed by atoms with E-state index in [9.17, 15) is 0 Å². The van der Waals surface area contributed by atoms with E-state index in [2.05, 4.69) is 10.1 Å². The fourth-order valence-corrected chi connectivity index (χ4v) is 1.50. The molecule has 0 amide bonds. The van der Waals surface area contributed by atoms with Crippen LogP contribution in [-0.2, 0) is 0 Å². The molecule has 1 heterocycles. The van der Waals surface area contributed by atoms with Crippen LogP contribution in [0.4, 0.5) is 0 Å². The van der Waals surface area contributed by atoms with Crippen LogP contribution >= 0.6 is 11.6 Å². The highest BCUT2D eigenvalue weighted by Crippen LogP contribution is 2.16. The molecule has 2 aromatic rings. The first-order chi connectivity index (χ1) is 7.25. The molecule has 4 heteroatoms. The Balaban J connectivity index is 2.24. The van der Waals surface area contributed by atoms with Crippen LogP contribution in [0.25, 0.3) is 12.3 Å². The Bertz CT molecular complexity index is 475. The van der Waals surface area contributed by atoms with Crippen molar-refractivity contribution in [3.63, 3.8) is 0 Å². The number of hydrogen-bond acceptors (Lipinski definition) is 2. The van der Waals surface area contributed by atoms with Crippen molar-refractivity contribution in [2.24, 2.45) is 0 Å². The minimum Gasteiger partial charge on any atom is -0.228 e. The fourth-order valence-electron chi connectivity index (χ4n) is 1.28. The molecule has 76 valence electrons. The molecule has 0 aliphatic heterocycles. The first-order valence-electron chi connectivity index (χ1n) is 4.54. The van der Waals surface area contributed by atoms with Crippen LogP contribution in [0.2, 0.25) is 5.02 Å². The van der Waals surface area contributed by atoms with Crippen molar-refractivity contribution in [3.05, 3.63) is 47.0 Å². The van der Waals surface area contributed by atoms with Gasteiger partial charge in [0.05, 0.1) is 0 Å². The molecular weight excluding hydrogens is 210 g/mol. The molecule has 3 nitrogen and oxygen atoms in total. The van der Waals surface area contributed by atoms with Gasteiger partial charge < -0.3 is 0 Å². The molecule has 1 aromatic carbocycles. The largest absolute Gasteiger partial charge is 0.228 e. The lowest BCUT2D eigenvalue weighted by Crippen LogP contribution is -1.86. The quantitative estimate of drug-likeness (QED) is 0.778. The van der Waals surface area contributed by atoms with E-state index >= 15 is 0 Å². The summed E-state index contributed by atoms with van der Waals surface area (Å²) in [6.45, 7) is 2.02. The Hall–Kier alpha value is -1.61. The third-order valence-corrected chi connectivity index (χ3v) is 2.31. The molecule has 0 aliphatic rings. The van der Waals surface area contributed by atoms with Crippen LogP contribution < -0.4 is 0 Å². The molecule has 0 unspecified atom stereocenters. The van der Waals surface area contributed by atoms with E-state index in [1.54, 1.807) is 11.0 Å². The van der Waals surface area contributed by atoms with E-state index in [0.717, 1.165) is 16.1 Å². The molecule has 0 spiro atoms. The number of hydrogen-bond donors (Lipinski definition) is 0. The highest BCUT2D eigenvalue weighted by atomic mass is 35.5. The molecule has 0 bridgehead atoms. The van der Waals surface area contributed by atoms with Gasteiger partial charge >= 0.3 is 0 Å². The summed E-state index contributed by atoms with van der Waals surface area (Å²) in [5, 5.41) is 4.73. The smallest absolute Gasteiger partial charge is 0.138 e. The normalized spacial score (nSPS) is 11.1. The van der Waals surface area contributed by atoms with Crippen molar-refractivity contribution in [2.75, 3.05) is 0 Å². The molecule has 2 rings (SSSR count). The summed E-state index contributed by atoms with van der Waals surface area (Å²) in [6, 6.07) is 5.78. The molecule has 0 aliphatic carbocycles. The monoisotopic (exact) mass is 219 g/mol. The summed E-state index contributed by atoms with van der Waals surface area (Å²) < 4.78 is 1.65. The van der Waals surface area contributed by atoms with Gasteiger partial charge in [0.1, 0.15) is 12.7 Å². The van der Waals surface area contributed by atoms with Gasteiger partial charge in [-0.2, -0.15) is 5.10 Å². The third-order valence-electron chi connectivity index (χ3n) is 2.08. The highest BCUT2D eigenvalue weighted by Gasteiger charge is 1.94. The van der Waals surface area contributed by atoms with E-state index in [0.29, 0.717) is 0 Å². The molecule has 0 saturated carbocycles. The van der Waals surface area contributed by atoms with E-state index in [4.69, 9.17) is 11.6 Å². The first-order valence-corrected chi connectivity index (χ1v) is 4.92. The Kier molecular flexibility index (Phi) is 2.83. The molecular formula is C11H10ClN3. The molecule has 0 fully saturated rings. The molecule has 1 aromatic heterocycles. The van der Waals surface area contributed by atoms with Gasteiger partial charge in [0, 0.05) is 11.2 Å². The number of benzene rings is 1. The van der Waals surface area contributed by atoms with Crippen molar-refractivity contribution < 1.29 is 0 Å². The summed E-state index contributed by atoms with van der Waals surface area (Å²) in [5.41, 5.74) is 2.26. The van der Waals surface area contributed by atoms with Gasteiger partial charge in [0.25, 0.3) is 0 Å². The van der Waals surface area contributed by atoms with Gasteiger partial charge in [-0.1, -0.05) is 17.7 Å². The number of nitrogens with zero attached hydrogens (tertiary/aromatic N) is 3. The zero-order valence-electron chi connectivity index (χ0n) is 8.26. The summed E-state index contributed by atoms with van der Waals surface area (Å²) in [5.74, 6) is 0. The number of rotatable bonds is 2. The molecule has 0 saturated heterocycles. The SMILES string of the molecule is Cc1cc(Cl)ccc1C=Cn1cncn1. The fraction of sp³-hybridized carbons (Fsp3) is 0.0909. The number of halogens is 1. The lowest BCUT2D eigenvalue weighted by atomic mass is 10.1. The van der Waals surface area contributed by atoms with Crippen LogP contribution in [0.15, 0.2) is 30.9 Å². The van der Waals surface area contributed by atoms with Crippen LogP contribution in [0.5, 0.6) is 0 Å². The molecule has 0 N–H and O–H groups in total. The van der Waals surface area contributed by atoms with Crippen molar-refractivity contribution in [2.45, 2.75) is 6.92 Å². The average molecular weight is 220 g/mol. The van der Waals surface area contributed by atoms with E-state index < -0.39 is 0 Å². The maximum absolute atomic E-state index is 5.87. The lowest BCUT2D eigenvalue weighted by Gasteiger charge is -2.00. The van der Waals surface area contributed by atoms with Gasteiger partial charge in [-0.25, -0.2) is 9.67 Å². The van der Waals surface area contributed by atoms with Gasteiger partial charge in [-0.3, -0.25) is 0 Å². The first kappa shape index (κ1) is 9.93. The second-order valence-electron chi connectivity index (χ2n) is 3.19. The van der Waals surface area contributed by atoms with Crippen molar-refractivity contribution in [3.8, 4) is 0 Å². The maximum Gasteiger partial charge on any atom is 0.138 e. The van der Waals surface area contributed by atoms with E-state index in [-0.39, 0.29) is 0 Å². The van der Waals surface area contributed by atoms with Crippen LogP contribution in [-0.4, -0.2) is 14.8 Å². The standard InChI is InChI=1S/C11H10ClN3/c1-9-6-11(12)3-2-10(9)4-5-15-8-13-7-14-15/h2-8H,1H3. The zero-order chi connectivity index (χ0) is 10.7. The van der Waals surface area contributed by atoms with Crippen molar-refractivity contribution in [1.82, 2.24) is 14.8 Å². The van der Waals surface area contributed by atoms with Crippen molar-refractivity contribution in [1.29, 1.82) is 0 Å². The molecule has 0 radical (unpaired) electrons. The van der Waals surface area contributed by atoms with Crippen LogP contribution in [0.3, 0.4) is 0 Å². The van der Waals surface area contributed by atoms with Gasteiger partial charge in [-0.05, 0) is 36.3 Å². The predicted molar refractivity (Wildman–Crippen MR) is 61.4 cm³/mol. The second kappa shape index (κ2) is 4.28. The van der Waals surface area contributed by atoms with Gasteiger partial charge in [-0.15, -0.1) is 0 Å². The minimum absolute atomic E-state index is 0.755. The number of aryl methyl sites for hydroxylation is 1. The topological polar surface area (TPSA) is 30.7 Å². The van der Waals surface area contributed by atoms with Crippen molar-refractivity contribution >= 4 is 23.9 Å². The van der Waals surface area contributed by atoms with E-state index in [1.807, 2.05) is 37.4 Å². The number of aromatic nitrogens is 3. The van der Waals surface area contributed by atoms with Crippen LogP contribution in [0.1, 0.15) is 11.1 Å². The Morgan fingerprint density at radius 3 is 2.93 bits per heavy atom. The minimum atomic E-state index is 0.755. The molecule has 15 heavy (non-hydrogen) atoms. The Morgan fingerprint density at radius 1 is 1.40 bits per heavy atom. The summed E-state index contributed by atoms with van der Waals surface area (Å²) >= 11 is 5.87.